The second-order valence-electron chi connectivity index (χ2n) is 8.54. The van der Waals surface area contributed by atoms with Gasteiger partial charge in [0.2, 0.25) is 11.8 Å². The van der Waals surface area contributed by atoms with E-state index in [0.717, 1.165) is 44.3 Å². The van der Waals surface area contributed by atoms with Gasteiger partial charge in [0.25, 0.3) is 0 Å². The van der Waals surface area contributed by atoms with Crippen molar-refractivity contribution in [2.24, 2.45) is 11.8 Å². The smallest absolute Gasteiger partial charge is 0.227 e. The Balaban J connectivity index is 1.36. The highest BCUT2D eigenvalue weighted by Gasteiger charge is 2.31. The van der Waals surface area contributed by atoms with Crippen LogP contribution in [0.15, 0.2) is 12.1 Å². The summed E-state index contributed by atoms with van der Waals surface area (Å²) < 4.78 is 14.5. The van der Waals surface area contributed by atoms with Crippen LogP contribution in [-0.4, -0.2) is 47.8 Å². The minimum Gasteiger partial charge on any atom is -0.340 e. The first kappa shape index (κ1) is 19.4. The van der Waals surface area contributed by atoms with Gasteiger partial charge in [-0.2, -0.15) is 0 Å². The molecule has 1 aromatic carbocycles. The molecular weight excluding hydrogens is 357 g/mol. The lowest BCUT2D eigenvalue weighted by atomic mass is 10.0. The molecule has 2 amide bonds. The molecule has 5 nitrogen and oxygen atoms in total. The summed E-state index contributed by atoms with van der Waals surface area (Å²) in [6.45, 7) is 5.34. The van der Waals surface area contributed by atoms with E-state index in [1.807, 2.05) is 11.8 Å². The molecule has 1 heterocycles. The van der Waals surface area contributed by atoms with Gasteiger partial charge in [-0.05, 0) is 50.3 Å². The van der Waals surface area contributed by atoms with E-state index in [1.165, 1.54) is 18.9 Å². The van der Waals surface area contributed by atoms with Crippen LogP contribution in [0.5, 0.6) is 0 Å². The number of halogens is 1. The van der Waals surface area contributed by atoms with E-state index < -0.39 is 0 Å². The lowest BCUT2D eigenvalue weighted by Gasteiger charge is -2.36. The highest BCUT2D eigenvalue weighted by atomic mass is 19.1. The normalized spacial score (nSPS) is 21.1. The van der Waals surface area contributed by atoms with Gasteiger partial charge in [-0.15, -0.1) is 0 Å². The number of hydrogen-bond acceptors (Lipinski definition) is 3. The summed E-state index contributed by atoms with van der Waals surface area (Å²) >= 11 is 0. The molecule has 2 aliphatic carbocycles. The van der Waals surface area contributed by atoms with Crippen LogP contribution >= 0.6 is 0 Å². The summed E-state index contributed by atoms with van der Waals surface area (Å²) in [6, 6.07) is 3.11. The second kappa shape index (κ2) is 8.19. The Morgan fingerprint density at radius 1 is 1.04 bits per heavy atom. The Kier molecular flexibility index (Phi) is 5.67. The average molecular weight is 387 g/mol. The van der Waals surface area contributed by atoms with Crippen LogP contribution in [0.25, 0.3) is 0 Å². The zero-order chi connectivity index (χ0) is 19.7. The van der Waals surface area contributed by atoms with Gasteiger partial charge in [0.15, 0.2) is 0 Å². The predicted molar refractivity (Wildman–Crippen MR) is 106 cm³/mol. The standard InChI is InChI=1S/C22H30FN3O2/c1-15-18(19(23)8-9-20(15)24-21(27)16-6-7-16)14-25-10-12-26(13-11-25)22(28)17-4-2-3-5-17/h8-9,16-17H,2-7,10-14H2,1H3,(H,24,27). The van der Waals surface area contributed by atoms with E-state index in [9.17, 15) is 14.0 Å². The highest BCUT2D eigenvalue weighted by molar-refractivity contribution is 5.94. The van der Waals surface area contributed by atoms with Crippen molar-refractivity contribution in [2.75, 3.05) is 31.5 Å². The van der Waals surface area contributed by atoms with Crippen LogP contribution < -0.4 is 5.32 Å². The Hall–Kier alpha value is -1.95. The second-order valence-corrected chi connectivity index (χ2v) is 8.54. The van der Waals surface area contributed by atoms with E-state index in [0.29, 0.717) is 36.8 Å². The van der Waals surface area contributed by atoms with Crippen molar-refractivity contribution < 1.29 is 14.0 Å². The molecule has 6 heteroatoms. The first-order chi connectivity index (χ1) is 13.5. The van der Waals surface area contributed by atoms with Crippen LogP contribution in [-0.2, 0) is 16.1 Å². The van der Waals surface area contributed by atoms with E-state index in [2.05, 4.69) is 10.2 Å². The number of benzene rings is 1. The number of hydrogen-bond donors (Lipinski definition) is 1. The molecule has 1 N–H and O–H groups in total. The monoisotopic (exact) mass is 387 g/mol. The number of nitrogens with zero attached hydrogens (tertiary/aromatic N) is 2. The minimum absolute atomic E-state index is 0.0414. The third kappa shape index (κ3) is 4.22. The fourth-order valence-corrected chi connectivity index (χ4v) is 4.41. The number of piperazine rings is 1. The molecule has 0 atom stereocenters. The summed E-state index contributed by atoms with van der Waals surface area (Å²) in [6.07, 6.45) is 6.29. The van der Waals surface area contributed by atoms with E-state index >= 15 is 0 Å². The quantitative estimate of drug-likeness (QED) is 0.843. The Bertz CT molecular complexity index is 748. The number of carbonyl (C=O) groups excluding carboxylic acids is 2. The molecule has 1 aromatic rings. The van der Waals surface area contributed by atoms with Crippen molar-refractivity contribution in [2.45, 2.75) is 52.0 Å². The fourth-order valence-electron chi connectivity index (χ4n) is 4.41. The lowest BCUT2D eigenvalue weighted by Crippen LogP contribution is -2.49. The molecular formula is C22H30FN3O2. The zero-order valence-corrected chi connectivity index (χ0v) is 16.7. The van der Waals surface area contributed by atoms with E-state index in [1.54, 1.807) is 6.07 Å². The molecule has 0 radical (unpaired) electrons. The predicted octanol–water partition coefficient (Wildman–Crippen LogP) is 3.32. The molecule has 1 aliphatic heterocycles. The van der Waals surface area contributed by atoms with Gasteiger partial charge >= 0.3 is 0 Å². The molecule has 0 spiro atoms. The van der Waals surface area contributed by atoms with Gasteiger partial charge in [0.05, 0.1) is 0 Å². The maximum atomic E-state index is 14.5. The zero-order valence-electron chi connectivity index (χ0n) is 16.7. The maximum Gasteiger partial charge on any atom is 0.227 e. The summed E-state index contributed by atoms with van der Waals surface area (Å²) in [5, 5.41) is 2.95. The average Bonchev–Trinajstić information content (AvgIpc) is 3.42. The van der Waals surface area contributed by atoms with E-state index in [4.69, 9.17) is 0 Å². The van der Waals surface area contributed by atoms with E-state index in [-0.39, 0.29) is 23.6 Å². The van der Waals surface area contributed by atoms with Crippen molar-refractivity contribution in [3.8, 4) is 0 Å². The number of amides is 2. The van der Waals surface area contributed by atoms with Crippen LogP contribution in [0.3, 0.4) is 0 Å². The first-order valence-electron chi connectivity index (χ1n) is 10.6. The Morgan fingerprint density at radius 2 is 1.71 bits per heavy atom. The van der Waals surface area contributed by atoms with Gasteiger partial charge in [-0.25, -0.2) is 4.39 Å². The number of nitrogens with one attached hydrogen (secondary N) is 1. The SMILES string of the molecule is Cc1c(NC(=O)C2CC2)ccc(F)c1CN1CCN(C(=O)C2CCCC2)CC1. The van der Waals surface area contributed by atoms with Gasteiger partial charge in [0.1, 0.15) is 5.82 Å². The Labute approximate surface area is 166 Å². The Morgan fingerprint density at radius 3 is 2.36 bits per heavy atom. The third-order valence-corrected chi connectivity index (χ3v) is 6.52. The molecule has 0 aromatic heterocycles. The third-order valence-electron chi connectivity index (χ3n) is 6.52. The fraction of sp³-hybridized carbons (Fsp3) is 0.636. The summed E-state index contributed by atoms with van der Waals surface area (Å²) in [7, 11) is 0. The maximum absolute atomic E-state index is 14.5. The summed E-state index contributed by atoms with van der Waals surface area (Å²) in [5.74, 6) is 0.465. The molecule has 152 valence electrons. The lowest BCUT2D eigenvalue weighted by molar-refractivity contribution is -0.137. The van der Waals surface area contributed by atoms with Crippen molar-refractivity contribution >= 4 is 17.5 Å². The molecule has 28 heavy (non-hydrogen) atoms. The van der Waals surface area contributed by atoms with Gasteiger partial charge < -0.3 is 10.2 Å². The van der Waals surface area contributed by atoms with Gasteiger partial charge in [-0.3, -0.25) is 14.5 Å². The molecule has 0 unspecified atom stereocenters. The van der Waals surface area contributed by atoms with Crippen LogP contribution in [0.4, 0.5) is 10.1 Å². The molecule has 4 rings (SSSR count). The van der Waals surface area contributed by atoms with Crippen molar-refractivity contribution in [3.63, 3.8) is 0 Å². The molecule has 3 aliphatic rings. The topological polar surface area (TPSA) is 52.7 Å². The number of rotatable bonds is 5. The largest absolute Gasteiger partial charge is 0.340 e. The minimum atomic E-state index is -0.230. The summed E-state index contributed by atoms with van der Waals surface area (Å²) in [4.78, 5) is 28.9. The molecule has 1 saturated heterocycles. The first-order valence-corrected chi connectivity index (χ1v) is 10.6. The van der Waals surface area contributed by atoms with Crippen molar-refractivity contribution in [1.82, 2.24) is 9.80 Å². The number of anilines is 1. The van der Waals surface area contributed by atoms with Gasteiger partial charge in [-0.1, -0.05) is 12.8 Å². The van der Waals surface area contributed by atoms with Crippen molar-refractivity contribution in [1.29, 1.82) is 0 Å². The highest BCUT2D eigenvalue weighted by Crippen LogP contribution is 2.32. The molecule has 3 fully saturated rings. The van der Waals surface area contributed by atoms with Gasteiger partial charge in [0, 0.05) is 55.8 Å². The van der Waals surface area contributed by atoms with Crippen LogP contribution in [0.2, 0.25) is 0 Å². The van der Waals surface area contributed by atoms with Crippen LogP contribution in [0, 0.1) is 24.6 Å². The van der Waals surface area contributed by atoms with Crippen LogP contribution in [0.1, 0.15) is 49.7 Å². The number of carbonyl (C=O) groups is 2. The summed E-state index contributed by atoms with van der Waals surface area (Å²) in [5.41, 5.74) is 2.16. The van der Waals surface area contributed by atoms with Crippen molar-refractivity contribution in [3.05, 3.63) is 29.1 Å². The molecule has 0 bridgehead atoms. The molecule has 2 saturated carbocycles.